The van der Waals surface area contributed by atoms with Crippen molar-refractivity contribution in [2.24, 2.45) is 11.3 Å². The molecular weight excluding hydrogens is 324 g/mol. The number of rotatable bonds is 6. The number of nitriles is 4. The molecular formula is C21H14N4O. The Bertz CT molecular complexity index is 912. The summed E-state index contributed by atoms with van der Waals surface area (Å²) in [6, 6.07) is 24.3. The summed E-state index contributed by atoms with van der Waals surface area (Å²) in [5.74, 6) is -3.15. The maximum atomic E-state index is 13.1. The van der Waals surface area contributed by atoms with Crippen molar-refractivity contribution in [2.75, 3.05) is 0 Å². The molecule has 0 N–H and O–H groups in total. The van der Waals surface area contributed by atoms with Gasteiger partial charge in [-0.1, -0.05) is 60.7 Å². The summed E-state index contributed by atoms with van der Waals surface area (Å²) in [6.45, 7) is 0. The topological polar surface area (TPSA) is 112 Å². The third kappa shape index (κ3) is 3.44. The Balaban J connectivity index is 2.60. The summed E-state index contributed by atoms with van der Waals surface area (Å²) in [5.41, 5.74) is -0.919. The van der Waals surface area contributed by atoms with Crippen LogP contribution in [0.2, 0.25) is 0 Å². The van der Waals surface area contributed by atoms with Gasteiger partial charge in [-0.2, -0.15) is 21.0 Å². The van der Waals surface area contributed by atoms with Crippen molar-refractivity contribution in [1.82, 2.24) is 0 Å². The molecule has 0 heterocycles. The third-order valence-electron chi connectivity index (χ3n) is 4.21. The van der Waals surface area contributed by atoms with Gasteiger partial charge in [0.15, 0.2) is 11.3 Å². The fraction of sp³-hybridized carbons (Fsp3) is 0.190. The number of hydrogen-bond donors (Lipinski definition) is 0. The normalized spacial score (nSPS) is 11.4. The first-order valence-corrected chi connectivity index (χ1v) is 7.86. The van der Waals surface area contributed by atoms with Gasteiger partial charge in [-0.3, -0.25) is 4.79 Å². The molecule has 0 spiro atoms. The van der Waals surface area contributed by atoms with Crippen LogP contribution < -0.4 is 0 Å². The molecule has 26 heavy (non-hydrogen) atoms. The van der Waals surface area contributed by atoms with E-state index < -0.39 is 17.3 Å². The van der Waals surface area contributed by atoms with Crippen LogP contribution in [0.3, 0.4) is 0 Å². The standard InChI is InChI=1S/C21H14N4O/c22-12-18(13-23)21(14-24,15-25)20(17-9-5-2-6-10-17)19(26)11-16-7-3-1-4-8-16/h1-10,18,20H,11H2. The summed E-state index contributed by atoms with van der Waals surface area (Å²) >= 11 is 0. The minimum Gasteiger partial charge on any atom is -0.299 e. The first-order chi connectivity index (χ1) is 12.6. The minimum absolute atomic E-state index is 0.00487. The Kier molecular flexibility index (Phi) is 5.84. The van der Waals surface area contributed by atoms with Crippen LogP contribution in [0.25, 0.3) is 0 Å². The van der Waals surface area contributed by atoms with Crippen LogP contribution in [0.15, 0.2) is 60.7 Å². The zero-order valence-electron chi connectivity index (χ0n) is 13.8. The van der Waals surface area contributed by atoms with E-state index in [4.69, 9.17) is 0 Å². The zero-order chi connectivity index (χ0) is 19.0. The second-order valence-electron chi connectivity index (χ2n) is 5.76. The second kappa shape index (κ2) is 8.25. The molecule has 0 amide bonds. The van der Waals surface area contributed by atoms with Crippen molar-refractivity contribution in [3.63, 3.8) is 0 Å². The Morgan fingerprint density at radius 2 is 1.35 bits per heavy atom. The van der Waals surface area contributed by atoms with Gasteiger partial charge in [0.25, 0.3) is 0 Å². The fourth-order valence-electron chi connectivity index (χ4n) is 2.93. The highest BCUT2D eigenvalue weighted by molar-refractivity contribution is 5.90. The number of hydrogen-bond acceptors (Lipinski definition) is 5. The molecule has 2 rings (SSSR count). The summed E-state index contributed by atoms with van der Waals surface area (Å²) in [7, 11) is 0. The van der Waals surface area contributed by atoms with E-state index in [1.165, 1.54) is 0 Å². The highest BCUT2D eigenvalue weighted by atomic mass is 16.1. The van der Waals surface area contributed by atoms with Gasteiger partial charge in [0.2, 0.25) is 0 Å². The fourth-order valence-corrected chi connectivity index (χ4v) is 2.93. The van der Waals surface area contributed by atoms with E-state index in [-0.39, 0.29) is 12.2 Å². The summed E-state index contributed by atoms with van der Waals surface area (Å²) in [5, 5.41) is 38.1. The molecule has 5 heteroatoms. The van der Waals surface area contributed by atoms with E-state index in [2.05, 4.69) is 0 Å². The van der Waals surface area contributed by atoms with E-state index in [1.54, 1.807) is 78.9 Å². The largest absolute Gasteiger partial charge is 0.299 e. The minimum atomic E-state index is -2.09. The van der Waals surface area contributed by atoms with Gasteiger partial charge in [-0.05, 0) is 11.1 Å². The van der Waals surface area contributed by atoms with Crippen LogP contribution in [-0.4, -0.2) is 5.78 Å². The van der Waals surface area contributed by atoms with E-state index >= 15 is 0 Å². The number of carbonyl (C=O) groups excluding carboxylic acids is 1. The van der Waals surface area contributed by atoms with Gasteiger partial charge < -0.3 is 0 Å². The maximum absolute atomic E-state index is 13.1. The van der Waals surface area contributed by atoms with Gasteiger partial charge >= 0.3 is 0 Å². The zero-order valence-corrected chi connectivity index (χ0v) is 13.8. The molecule has 2 aromatic rings. The number of benzene rings is 2. The van der Waals surface area contributed by atoms with Gasteiger partial charge in [-0.15, -0.1) is 0 Å². The molecule has 0 fully saturated rings. The van der Waals surface area contributed by atoms with Crippen LogP contribution in [-0.2, 0) is 11.2 Å². The summed E-state index contributed by atoms with van der Waals surface area (Å²) in [6.07, 6.45) is -0.00487. The third-order valence-corrected chi connectivity index (χ3v) is 4.21. The average molecular weight is 338 g/mol. The predicted octanol–water partition coefficient (Wildman–Crippen LogP) is 3.28. The highest BCUT2D eigenvalue weighted by Gasteiger charge is 2.51. The Morgan fingerprint density at radius 3 is 1.81 bits per heavy atom. The van der Waals surface area contributed by atoms with Crippen LogP contribution >= 0.6 is 0 Å². The van der Waals surface area contributed by atoms with Crippen molar-refractivity contribution in [3.8, 4) is 24.3 Å². The lowest BCUT2D eigenvalue weighted by molar-refractivity contribution is -0.121. The first kappa shape index (κ1) is 18.4. The Hall–Kier alpha value is -3.93. The van der Waals surface area contributed by atoms with Crippen molar-refractivity contribution in [1.29, 1.82) is 21.0 Å². The molecule has 0 bridgehead atoms. The molecule has 5 nitrogen and oxygen atoms in total. The Morgan fingerprint density at radius 1 is 0.846 bits per heavy atom. The molecule has 0 radical (unpaired) electrons. The van der Waals surface area contributed by atoms with Gasteiger partial charge in [0.1, 0.15) is 5.78 Å². The van der Waals surface area contributed by atoms with E-state index in [1.807, 2.05) is 6.07 Å². The number of ketones is 1. The molecule has 0 saturated carbocycles. The van der Waals surface area contributed by atoms with E-state index in [0.29, 0.717) is 5.56 Å². The number of nitrogens with zero attached hydrogens (tertiary/aromatic N) is 4. The van der Waals surface area contributed by atoms with Crippen molar-refractivity contribution >= 4 is 5.78 Å². The summed E-state index contributed by atoms with van der Waals surface area (Å²) in [4.78, 5) is 13.1. The summed E-state index contributed by atoms with van der Waals surface area (Å²) < 4.78 is 0. The van der Waals surface area contributed by atoms with Crippen LogP contribution in [0.5, 0.6) is 0 Å². The molecule has 124 valence electrons. The molecule has 0 aliphatic heterocycles. The lowest BCUT2D eigenvalue weighted by atomic mass is 9.64. The second-order valence-corrected chi connectivity index (χ2v) is 5.76. The predicted molar refractivity (Wildman–Crippen MR) is 92.7 cm³/mol. The molecule has 2 aromatic carbocycles. The SMILES string of the molecule is N#CC(C#N)C(C#N)(C#N)C(C(=O)Cc1ccccc1)c1ccccc1. The van der Waals surface area contributed by atoms with Gasteiger partial charge in [0, 0.05) is 6.42 Å². The number of carbonyl (C=O) groups is 1. The van der Waals surface area contributed by atoms with Crippen molar-refractivity contribution < 1.29 is 4.79 Å². The van der Waals surface area contributed by atoms with Crippen molar-refractivity contribution in [2.45, 2.75) is 12.3 Å². The first-order valence-electron chi connectivity index (χ1n) is 7.86. The lowest BCUT2D eigenvalue weighted by Gasteiger charge is -2.29. The highest BCUT2D eigenvalue weighted by Crippen LogP contribution is 2.42. The van der Waals surface area contributed by atoms with Crippen molar-refractivity contribution in [3.05, 3.63) is 71.8 Å². The maximum Gasteiger partial charge on any atom is 0.186 e. The van der Waals surface area contributed by atoms with Crippen LogP contribution in [0.1, 0.15) is 17.0 Å². The quantitative estimate of drug-likeness (QED) is 0.802. The Labute approximate surface area is 152 Å². The molecule has 0 aliphatic carbocycles. The lowest BCUT2D eigenvalue weighted by Crippen LogP contribution is -2.38. The van der Waals surface area contributed by atoms with Crippen LogP contribution in [0, 0.1) is 56.7 Å². The average Bonchev–Trinajstić information content (AvgIpc) is 2.69. The van der Waals surface area contributed by atoms with Crippen LogP contribution in [0.4, 0.5) is 0 Å². The van der Waals surface area contributed by atoms with E-state index in [9.17, 15) is 25.8 Å². The number of Topliss-reactive ketones (excluding diaryl/α,β-unsaturated/α-hetero) is 1. The molecule has 1 unspecified atom stereocenters. The molecule has 0 saturated heterocycles. The molecule has 1 atom stereocenters. The van der Waals surface area contributed by atoms with Gasteiger partial charge in [0.05, 0.1) is 30.2 Å². The molecule has 0 aliphatic rings. The monoisotopic (exact) mass is 338 g/mol. The van der Waals surface area contributed by atoms with Gasteiger partial charge in [-0.25, -0.2) is 0 Å². The van der Waals surface area contributed by atoms with E-state index in [0.717, 1.165) is 5.56 Å². The molecule has 0 aromatic heterocycles. The smallest absolute Gasteiger partial charge is 0.186 e.